The first-order valence-electron chi connectivity index (χ1n) is 8.79. The van der Waals surface area contributed by atoms with E-state index in [1.807, 2.05) is 0 Å². The van der Waals surface area contributed by atoms with Crippen molar-refractivity contribution >= 4 is 0 Å². The Balaban J connectivity index is 1.64. The van der Waals surface area contributed by atoms with Gasteiger partial charge in [-0.25, -0.2) is 0 Å². The molecule has 3 fully saturated rings. The molecule has 116 valence electrons. The lowest BCUT2D eigenvalue weighted by molar-refractivity contribution is -0.0337. The highest BCUT2D eigenvalue weighted by Gasteiger charge is 2.40. The Morgan fingerprint density at radius 2 is 2.10 bits per heavy atom. The zero-order valence-electron chi connectivity index (χ0n) is 13.4. The van der Waals surface area contributed by atoms with Crippen molar-refractivity contribution in [2.24, 2.45) is 5.41 Å². The molecule has 1 saturated carbocycles. The molecule has 3 rings (SSSR count). The number of hydrogen-bond acceptors (Lipinski definition) is 3. The van der Waals surface area contributed by atoms with Gasteiger partial charge in [0.2, 0.25) is 0 Å². The molecule has 0 spiro atoms. The Hall–Kier alpha value is -0.120. The highest BCUT2D eigenvalue weighted by Crippen LogP contribution is 2.35. The minimum atomic E-state index is 0.368. The average molecular weight is 280 g/mol. The van der Waals surface area contributed by atoms with Crippen molar-refractivity contribution in [3.05, 3.63) is 0 Å². The smallest absolute Gasteiger partial charge is 0.0546 e. The van der Waals surface area contributed by atoms with Gasteiger partial charge in [0.1, 0.15) is 0 Å². The summed E-state index contributed by atoms with van der Waals surface area (Å²) in [5.74, 6) is 0. The van der Waals surface area contributed by atoms with Crippen LogP contribution in [0.2, 0.25) is 0 Å². The Morgan fingerprint density at radius 1 is 1.25 bits per heavy atom. The lowest BCUT2D eigenvalue weighted by Gasteiger charge is -2.43. The van der Waals surface area contributed by atoms with E-state index in [2.05, 4.69) is 24.1 Å². The third kappa shape index (κ3) is 3.37. The number of hydrogen-bond donors (Lipinski definition) is 1. The van der Waals surface area contributed by atoms with E-state index >= 15 is 0 Å². The van der Waals surface area contributed by atoms with E-state index in [-0.39, 0.29) is 0 Å². The van der Waals surface area contributed by atoms with Gasteiger partial charge in [-0.2, -0.15) is 0 Å². The van der Waals surface area contributed by atoms with Crippen molar-refractivity contribution in [2.75, 3.05) is 26.3 Å². The van der Waals surface area contributed by atoms with Gasteiger partial charge < -0.3 is 10.1 Å². The maximum Gasteiger partial charge on any atom is 0.0546 e. The van der Waals surface area contributed by atoms with Gasteiger partial charge in [-0.15, -0.1) is 0 Å². The number of likely N-dealkylation sites (tertiary alicyclic amines) is 1. The lowest BCUT2D eigenvalue weighted by atomic mass is 9.81. The molecule has 0 aromatic rings. The van der Waals surface area contributed by atoms with Gasteiger partial charge in [-0.05, 0) is 51.9 Å². The summed E-state index contributed by atoms with van der Waals surface area (Å²) in [6.07, 6.45) is 9.43. The Morgan fingerprint density at radius 3 is 2.75 bits per heavy atom. The molecule has 3 unspecified atom stereocenters. The second-order valence-corrected chi connectivity index (χ2v) is 7.47. The molecule has 0 aromatic heterocycles. The van der Waals surface area contributed by atoms with Crippen LogP contribution in [0, 0.1) is 5.41 Å². The standard InChI is InChI=1S/C17H32N2O/c1-3-16-8-5-14(2)19(16)12-17(9-4-10-20-13-17)11-18-15-6-7-15/h14-16,18H,3-13H2,1-2H3. The van der Waals surface area contributed by atoms with E-state index < -0.39 is 0 Å². The van der Waals surface area contributed by atoms with Crippen molar-refractivity contribution in [3.8, 4) is 0 Å². The third-order valence-corrected chi connectivity index (χ3v) is 5.69. The van der Waals surface area contributed by atoms with E-state index in [9.17, 15) is 0 Å². The molecule has 3 atom stereocenters. The predicted octanol–water partition coefficient (Wildman–Crippen LogP) is 2.80. The number of rotatable bonds is 6. The quantitative estimate of drug-likeness (QED) is 0.810. The van der Waals surface area contributed by atoms with Crippen LogP contribution in [0.25, 0.3) is 0 Å². The summed E-state index contributed by atoms with van der Waals surface area (Å²) in [6.45, 7) is 9.11. The largest absolute Gasteiger partial charge is 0.381 e. The molecule has 3 aliphatic rings. The molecular weight excluding hydrogens is 248 g/mol. The molecule has 0 amide bonds. The van der Waals surface area contributed by atoms with Crippen LogP contribution in [0.4, 0.5) is 0 Å². The van der Waals surface area contributed by atoms with Crippen LogP contribution < -0.4 is 5.32 Å². The van der Waals surface area contributed by atoms with Crippen molar-refractivity contribution in [3.63, 3.8) is 0 Å². The van der Waals surface area contributed by atoms with E-state index in [0.29, 0.717) is 5.41 Å². The van der Waals surface area contributed by atoms with Crippen LogP contribution in [0.5, 0.6) is 0 Å². The minimum Gasteiger partial charge on any atom is -0.381 e. The maximum atomic E-state index is 5.89. The summed E-state index contributed by atoms with van der Waals surface area (Å²) in [5.41, 5.74) is 0.368. The molecule has 2 heterocycles. The summed E-state index contributed by atoms with van der Waals surface area (Å²) in [5, 5.41) is 3.78. The van der Waals surface area contributed by atoms with Gasteiger partial charge in [-0.3, -0.25) is 4.90 Å². The fourth-order valence-electron chi connectivity index (χ4n) is 4.11. The SMILES string of the molecule is CCC1CCC(C)N1CC1(CNC2CC2)CCCOC1. The highest BCUT2D eigenvalue weighted by atomic mass is 16.5. The second-order valence-electron chi connectivity index (χ2n) is 7.47. The molecule has 0 aromatic carbocycles. The lowest BCUT2D eigenvalue weighted by Crippen LogP contribution is -2.51. The summed E-state index contributed by atoms with van der Waals surface area (Å²) in [7, 11) is 0. The van der Waals surface area contributed by atoms with Gasteiger partial charge in [-0.1, -0.05) is 6.92 Å². The summed E-state index contributed by atoms with van der Waals surface area (Å²) in [6, 6.07) is 2.39. The summed E-state index contributed by atoms with van der Waals surface area (Å²) >= 11 is 0. The molecule has 3 heteroatoms. The number of nitrogens with zero attached hydrogens (tertiary/aromatic N) is 1. The minimum absolute atomic E-state index is 0.368. The Bertz CT molecular complexity index is 310. The first-order valence-corrected chi connectivity index (χ1v) is 8.79. The van der Waals surface area contributed by atoms with Crippen molar-refractivity contribution in [1.82, 2.24) is 10.2 Å². The van der Waals surface area contributed by atoms with Crippen LogP contribution in [-0.4, -0.2) is 49.3 Å². The number of ether oxygens (including phenoxy) is 1. The fourth-order valence-corrected chi connectivity index (χ4v) is 4.11. The van der Waals surface area contributed by atoms with E-state index in [0.717, 1.165) is 37.9 Å². The Kier molecular flexibility index (Phi) is 4.68. The van der Waals surface area contributed by atoms with Gasteiger partial charge >= 0.3 is 0 Å². The fraction of sp³-hybridized carbons (Fsp3) is 1.00. The van der Waals surface area contributed by atoms with E-state index in [1.54, 1.807) is 0 Å². The van der Waals surface area contributed by atoms with Crippen LogP contribution in [0.15, 0.2) is 0 Å². The van der Waals surface area contributed by atoms with Crippen LogP contribution in [0.3, 0.4) is 0 Å². The zero-order valence-corrected chi connectivity index (χ0v) is 13.4. The van der Waals surface area contributed by atoms with Crippen molar-refractivity contribution in [2.45, 2.75) is 76.9 Å². The summed E-state index contributed by atoms with van der Waals surface area (Å²) in [4.78, 5) is 2.79. The molecule has 3 nitrogen and oxygen atoms in total. The van der Waals surface area contributed by atoms with Gasteiger partial charge in [0.15, 0.2) is 0 Å². The van der Waals surface area contributed by atoms with Crippen LogP contribution >= 0.6 is 0 Å². The third-order valence-electron chi connectivity index (χ3n) is 5.69. The van der Waals surface area contributed by atoms with Crippen LogP contribution in [0.1, 0.15) is 58.8 Å². The molecule has 1 N–H and O–H groups in total. The molecular formula is C17H32N2O. The monoisotopic (exact) mass is 280 g/mol. The second kappa shape index (κ2) is 6.33. The molecule has 0 radical (unpaired) electrons. The molecule has 1 aliphatic carbocycles. The van der Waals surface area contributed by atoms with Crippen molar-refractivity contribution < 1.29 is 4.74 Å². The van der Waals surface area contributed by atoms with Crippen molar-refractivity contribution in [1.29, 1.82) is 0 Å². The molecule has 20 heavy (non-hydrogen) atoms. The van der Waals surface area contributed by atoms with Crippen LogP contribution in [-0.2, 0) is 4.74 Å². The normalized spacial score (nSPS) is 39.3. The highest BCUT2D eigenvalue weighted by molar-refractivity contribution is 4.95. The number of nitrogens with one attached hydrogen (secondary N) is 1. The Labute approximate surface area is 124 Å². The predicted molar refractivity (Wildman–Crippen MR) is 83.0 cm³/mol. The average Bonchev–Trinajstić information content (AvgIpc) is 3.24. The topological polar surface area (TPSA) is 24.5 Å². The molecule has 0 bridgehead atoms. The van der Waals surface area contributed by atoms with E-state index in [4.69, 9.17) is 4.74 Å². The van der Waals surface area contributed by atoms with Gasteiger partial charge in [0, 0.05) is 43.2 Å². The van der Waals surface area contributed by atoms with Gasteiger partial charge in [0.25, 0.3) is 0 Å². The first kappa shape index (κ1) is 14.8. The molecule has 2 aliphatic heterocycles. The van der Waals surface area contributed by atoms with E-state index in [1.165, 1.54) is 51.5 Å². The zero-order chi connectivity index (χ0) is 14.0. The molecule has 2 saturated heterocycles. The summed E-state index contributed by atoms with van der Waals surface area (Å²) < 4.78 is 5.89. The first-order chi connectivity index (χ1) is 9.72. The van der Waals surface area contributed by atoms with Gasteiger partial charge in [0.05, 0.1) is 6.61 Å². The maximum absolute atomic E-state index is 5.89.